The van der Waals surface area contributed by atoms with Crippen LogP contribution in [0.15, 0.2) is 97.1 Å². The average molecular weight is 478 g/mol. The van der Waals surface area contributed by atoms with E-state index in [2.05, 4.69) is 129 Å². The van der Waals surface area contributed by atoms with Crippen LogP contribution in [0.3, 0.4) is 0 Å². The van der Waals surface area contributed by atoms with E-state index in [0.29, 0.717) is 5.92 Å². The SMILES string of the molecule is CC1(C)c2cccc3c2-n2c4c1cc(-c1ccccc1)cc4c1cc(C4C=CC=CC4)cc(c12)C3(C)C. The fourth-order valence-electron chi connectivity index (χ4n) is 7.39. The van der Waals surface area contributed by atoms with E-state index in [0.717, 1.165) is 6.42 Å². The number of allylic oxidation sites excluding steroid dienone is 4. The second-order valence-corrected chi connectivity index (χ2v) is 12.2. The third-order valence-corrected chi connectivity index (χ3v) is 9.45. The molecule has 5 aromatic rings. The fourth-order valence-corrected chi connectivity index (χ4v) is 7.39. The quantitative estimate of drug-likeness (QED) is 0.239. The molecule has 1 heteroatoms. The van der Waals surface area contributed by atoms with E-state index < -0.39 is 0 Å². The summed E-state index contributed by atoms with van der Waals surface area (Å²) in [5.41, 5.74) is 13.8. The zero-order valence-electron chi connectivity index (χ0n) is 22.0. The number of hydrogen-bond donors (Lipinski definition) is 0. The largest absolute Gasteiger partial charge is 0.308 e. The Morgan fingerprint density at radius 1 is 0.649 bits per heavy atom. The second kappa shape index (κ2) is 6.92. The topological polar surface area (TPSA) is 4.93 Å². The van der Waals surface area contributed by atoms with Gasteiger partial charge in [0.05, 0.1) is 16.7 Å². The van der Waals surface area contributed by atoms with Crippen molar-refractivity contribution in [1.82, 2.24) is 4.57 Å². The second-order valence-electron chi connectivity index (χ2n) is 12.2. The fraction of sp³-hybridized carbons (Fsp3) is 0.222. The Morgan fingerprint density at radius 2 is 1.32 bits per heavy atom. The lowest BCUT2D eigenvalue weighted by Gasteiger charge is -2.42. The Hall–Kier alpha value is -3.84. The summed E-state index contributed by atoms with van der Waals surface area (Å²) >= 11 is 0. The Balaban J connectivity index is 1.60. The van der Waals surface area contributed by atoms with Gasteiger partial charge in [0.2, 0.25) is 0 Å². The molecule has 3 aliphatic rings. The van der Waals surface area contributed by atoms with Gasteiger partial charge in [0.1, 0.15) is 0 Å². The van der Waals surface area contributed by atoms with Gasteiger partial charge >= 0.3 is 0 Å². The van der Waals surface area contributed by atoms with E-state index in [4.69, 9.17) is 0 Å². The Labute approximate surface area is 218 Å². The maximum Gasteiger partial charge on any atom is 0.0582 e. The summed E-state index contributed by atoms with van der Waals surface area (Å²) in [4.78, 5) is 0. The van der Waals surface area contributed by atoms with Crippen molar-refractivity contribution >= 4 is 21.8 Å². The summed E-state index contributed by atoms with van der Waals surface area (Å²) in [5, 5.41) is 2.78. The van der Waals surface area contributed by atoms with Crippen LogP contribution in [0.1, 0.15) is 67.9 Å². The molecule has 0 saturated heterocycles. The van der Waals surface area contributed by atoms with Crippen LogP contribution in [0, 0.1) is 0 Å². The molecule has 180 valence electrons. The summed E-state index contributed by atoms with van der Waals surface area (Å²) < 4.78 is 2.63. The molecule has 0 saturated carbocycles. The molecule has 1 aliphatic carbocycles. The van der Waals surface area contributed by atoms with Crippen LogP contribution in [-0.2, 0) is 10.8 Å². The molecule has 0 N–H and O–H groups in total. The van der Waals surface area contributed by atoms with Crippen LogP contribution >= 0.6 is 0 Å². The van der Waals surface area contributed by atoms with Crippen LogP contribution in [0.2, 0.25) is 0 Å². The first kappa shape index (κ1) is 21.3. The Kier molecular flexibility index (Phi) is 3.98. The number of aromatic nitrogens is 1. The van der Waals surface area contributed by atoms with E-state index in [-0.39, 0.29) is 10.8 Å². The molecule has 0 fully saturated rings. The molecule has 1 unspecified atom stereocenters. The van der Waals surface area contributed by atoms with Gasteiger partial charge in [0, 0.05) is 27.5 Å². The molecule has 3 heterocycles. The number of rotatable bonds is 2. The van der Waals surface area contributed by atoms with Gasteiger partial charge < -0.3 is 4.57 Å². The highest BCUT2D eigenvalue weighted by molar-refractivity contribution is 6.15. The molecule has 0 spiro atoms. The van der Waals surface area contributed by atoms with Crippen LogP contribution in [0.25, 0.3) is 38.6 Å². The minimum Gasteiger partial charge on any atom is -0.308 e. The van der Waals surface area contributed by atoms with Crippen molar-refractivity contribution in [1.29, 1.82) is 0 Å². The molecule has 0 amide bonds. The van der Waals surface area contributed by atoms with E-state index >= 15 is 0 Å². The van der Waals surface area contributed by atoms with Crippen molar-refractivity contribution < 1.29 is 0 Å². The van der Waals surface area contributed by atoms with Crippen molar-refractivity contribution in [2.45, 2.75) is 50.9 Å². The Bertz CT molecular complexity index is 1840. The minimum absolute atomic E-state index is 0.0754. The number of hydrogen-bond acceptors (Lipinski definition) is 0. The maximum absolute atomic E-state index is 2.63. The van der Waals surface area contributed by atoms with E-state index in [1.165, 1.54) is 66.4 Å². The molecular weight excluding hydrogens is 446 g/mol. The molecule has 2 aliphatic heterocycles. The zero-order chi connectivity index (χ0) is 25.1. The van der Waals surface area contributed by atoms with Gasteiger partial charge in [-0.25, -0.2) is 0 Å². The van der Waals surface area contributed by atoms with Crippen molar-refractivity contribution in [3.05, 3.63) is 125 Å². The van der Waals surface area contributed by atoms with E-state index in [1.807, 2.05) is 0 Å². The smallest absolute Gasteiger partial charge is 0.0582 e. The lowest BCUT2D eigenvalue weighted by atomic mass is 9.68. The summed E-state index contributed by atoms with van der Waals surface area (Å²) in [5.74, 6) is 0.422. The minimum atomic E-state index is -0.0912. The maximum atomic E-state index is 2.63. The van der Waals surface area contributed by atoms with Gasteiger partial charge in [0.15, 0.2) is 0 Å². The van der Waals surface area contributed by atoms with Crippen molar-refractivity contribution in [2.24, 2.45) is 0 Å². The molecule has 1 nitrogen and oxygen atoms in total. The molecule has 1 aromatic heterocycles. The first-order valence-electron chi connectivity index (χ1n) is 13.6. The first-order valence-corrected chi connectivity index (χ1v) is 13.6. The zero-order valence-corrected chi connectivity index (χ0v) is 22.0. The highest BCUT2D eigenvalue weighted by Gasteiger charge is 2.43. The monoisotopic (exact) mass is 477 g/mol. The summed E-state index contributed by atoms with van der Waals surface area (Å²) in [6.07, 6.45) is 10.1. The predicted octanol–water partition coefficient (Wildman–Crippen LogP) is 9.33. The van der Waals surface area contributed by atoms with E-state index in [9.17, 15) is 0 Å². The predicted molar refractivity (Wildman–Crippen MR) is 156 cm³/mol. The van der Waals surface area contributed by atoms with Crippen LogP contribution in [0.5, 0.6) is 0 Å². The number of benzene rings is 4. The number of para-hydroxylation sites is 1. The molecule has 37 heavy (non-hydrogen) atoms. The molecule has 0 bridgehead atoms. The van der Waals surface area contributed by atoms with Crippen LogP contribution < -0.4 is 0 Å². The van der Waals surface area contributed by atoms with Gasteiger partial charge in [-0.3, -0.25) is 0 Å². The first-order chi connectivity index (χ1) is 17.9. The van der Waals surface area contributed by atoms with Gasteiger partial charge in [-0.15, -0.1) is 0 Å². The lowest BCUT2D eigenvalue weighted by molar-refractivity contribution is 0.593. The van der Waals surface area contributed by atoms with Crippen molar-refractivity contribution in [3.8, 4) is 16.8 Å². The molecule has 0 radical (unpaired) electrons. The highest BCUT2D eigenvalue weighted by atomic mass is 15.0. The number of nitrogens with zero attached hydrogens (tertiary/aromatic N) is 1. The van der Waals surface area contributed by atoms with Crippen LogP contribution in [0.4, 0.5) is 0 Å². The standard InChI is InChI=1S/C36H31N/c1-35(2)28-16-11-17-29-34(28)37-32-26(18-24(20-30(32)35)22-12-7-5-8-13-22)27-19-25(23-14-9-6-10-15-23)21-31(33(27)37)36(29,3)4/h5-14,16-21,23H,15H2,1-4H3. The van der Waals surface area contributed by atoms with Crippen molar-refractivity contribution in [2.75, 3.05) is 0 Å². The lowest BCUT2D eigenvalue weighted by Crippen LogP contribution is -2.33. The van der Waals surface area contributed by atoms with E-state index in [1.54, 1.807) is 0 Å². The van der Waals surface area contributed by atoms with Crippen molar-refractivity contribution in [3.63, 3.8) is 0 Å². The van der Waals surface area contributed by atoms with Gasteiger partial charge in [0.25, 0.3) is 0 Å². The highest BCUT2D eigenvalue weighted by Crippen LogP contribution is 2.56. The molecular formula is C36H31N. The molecule has 8 rings (SSSR count). The third kappa shape index (κ3) is 2.60. The summed E-state index contributed by atoms with van der Waals surface area (Å²) in [6.45, 7) is 9.69. The molecule has 1 atom stereocenters. The van der Waals surface area contributed by atoms with Gasteiger partial charge in [-0.1, -0.05) is 107 Å². The molecule has 4 aromatic carbocycles. The van der Waals surface area contributed by atoms with Gasteiger partial charge in [-0.05, 0) is 63.6 Å². The number of fused-ring (bicyclic) bond motifs is 1. The average Bonchev–Trinajstić information content (AvgIpc) is 3.25. The normalized spacial score (nSPS) is 19.7. The summed E-state index contributed by atoms with van der Waals surface area (Å²) in [7, 11) is 0. The van der Waals surface area contributed by atoms with Gasteiger partial charge in [-0.2, -0.15) is 0 Å². The van der Waals surface area contributed by atoms with Crippen LogP contribution in [-0.4, -0.2) is 4.57 Å². The third-order valence-electron chi connectivity index (χ3n) is 9.45. The summed E-state index contributed by atoms with van der Waals surface area (Å²) in [6, 6.07) is 27.9. The Morgan fingerprint density at radius 3 is 2.00 bits per heavy atom.